The van der Waals surface area contributed by atoms with E-state index >= 15 is 0 Å². The summed E-state index contributed by atoms with van der Waals surface area (Å²) in [4.78, 5) is 15.0. The molecule has 3 rings (SSSR count). The number of rotatable bonds is 2. The van der Waals surface area contributed by atoms with E-state index in [4.69, 9.17) is 4.52 Å². The van der Waals surface area contributed by atoms with Crippen molar-refractivity contribution in [1.82, 2.24) is 10.1 Å². The number of thiophene rings is 1. The Morgan fingerprint density at radius 2 is 2.19 bits per heavy atom. The van der Waals surface area contributed by atoms with E-state index in [0.717, 1.165) is 38.0 Å². The van der Waals surface area contributed by atoms with Crippen molar-refractivity contribution in [3.63, 3.8) is 0 Å². The molecular formula is C15H18N2O2S2. The smallest absolute Gasteiger partial charge is 0.263 e. The summed E-state index contributed by atoms with van der Waals surface area (Å²) in [5.41, 5.74) is 3.24. The molecule has 0 fully saturated rings. The van der Waals surface area contributed by atoms with Crippen molar-refractivity contribution in [3.8, 4) is 11.3 Å². The first-order valence-corrected chi connectivity index (χ1v) is 8.77. The van der Waals surface area contributed by atoms with Crippen molar-refractivity contribution in [3.05, 3.63) is 22.2 Å². The molecule has 6 heteroatoms. The van der Waals surface area contributed by atoms with Gasteiger partial charge in [-0.05, 0) is 23.7 Å². The summed E-state index contributed by atoms with van der Waals surface area (Å²) < 4.78 is 6.66. The van der Waals surface area contributed by atoms with Gasteiger partial charge in [-0.2, -0.15) is 0 Å². The summed E-state index contributed by atoms with van der Waals surface area (Å²) in [6, 6.07) is 0. The summed E-state index contributed by atoms with van der Waals surface area (Å²) in [5, 5.41) is 3.99. The van der Waals surface area contributed by atoms with Crippen LogP contribution in [-0.4, -0.2) is 36.3 Å². The molecule has 4 nitrogen and oxygen atoms in total. The van der Waals surface area contributed by atoms with Gasteiger partial charge in [0.25, 0.3) is 5.91 Å². The number of carbonyl (C=O) groups excluding carboxylic acids is 1. The van der Waals surface area contributed by atoms with Gasteiger partial charge in [0.2, 0.25) is 0 Å². The molecule has 1 amide bonds. The largest absolute Gasteiger partial charge is 0.356 e. The molecule has 112 valence electrons. The second kappa shape index (κ2) is 4.88. The van der Waals surface area contributed by atoms with Gasteiger partial charge < -0.3 is 9.42 Å². The molecule has 0 radical (unpaired) electrons. The van der Waals surface area contributed by atoms with Crippen molar-refractivity contribution in [2.45, 2.75) is 29.9 Å². The third-order valence-electron chi connectivity index (χ3n) is 3.91. The summed E-state index contributed by atoms with van der Waals surface area (Å²) in [6.07, 6.45) is 4.68. The molecule has 0 N–H and O–H groups in total. The highest BCUT2D eigenvalue weighted by Gasteiger charge is 2.39. The van der Waals surface area contributed by atoms with Crippen LogP contribution in [0.25, 0.3) is 11.3 Å². The van der Waals surface area contributed by atoms with Gasteiger partial charge >= 0.3 is 0 Å². The van der Waals surface area contributed by atoms with Gasteiger partial charge in [0, 0.05) is 25.2 Å². The van der Waals surface area contributed by atoms with Gasteiger partial charge in [-0.15, -0.1) is 23.1 Å². The van der Waals surface area contributed by atoms with E-state index in [2.05, 4.69) is 19.0 Å². The lowest BCUT2D eigenvalue weighted by molar-refractivity contribution is 0.0831. The highest BCUT2D eigenvalue weighted by molar-refractivity contribution is 8.00. The normalized spacial score (nSPS) is 15.5. The van der Waals surface area contributed by atoms with E-state index < -0.39 is 0 Å². The summed E-state index contributed by atoms with van der Waals surface area (Å²) >= 11 is 3.22. The second-order valence-corrected chi connectivity index (χ2v) is 8.20. The van der Waals surface area contributed by atoms with Crippen LogP contribution in [0.3, 0.4) is 0 Å². The van der Waals surface area contributed by atoms with Crippen molar-refractivity contribution >= 4 is 29.0 Å². The van der Waals surface area contributed by atoms with Crippen LogP contribution >= 0.6 is 23.1 Å². The number of amides is 1. The van der Waals surface area contributed by atoms with Crippen LogP contribution in [0.1, 0.15) is 34.6 Å². The van der Waals surface area contributed by atoms with Crippen LogP contribution in [0.2, 0.25) is 0 Å². The fourth-order valence-electron chi connectivity index (χ4n) is 2.80. The van der Waals surface area contributed by atoms with Crippen LogP contribution in [0, 0.1) is 0 Å². The molecule has 1 aliphatic rings. The van der Waals surface area contributed by atoms with E-state index in [-0.39, 0.29) is 11.3 Å². The Bertz CT molecular complexity index is 713. The van der Waals surface area contributed by atoms with E-state index in [0.29, 0.717) is 0 Å². The van der Waals surface area contributed by atoms with E-state index in [1.165, 1.54) is 0 Å². The number of fused-ring (bicyclic) bond motifs is 3. The lowest BCUT2D eigenvalue weighted by Crippen LogP contribution is -2.27. The minimum Gasteiger partial charge on any atom is -0.356 e. The second-order valence-electron chi connectivity index (χ2n) is 6.11. The molecule has 0 saturated heterocycles. The molecule has 2 aromatic rings. The van der Waals surface area contributed by atoms with Gasteiger partial charge in [0.05, 0.1) is 15.3 Å². The predicted octanol–water partition coefficient (Wildman–Crippen LogP) is 3.66. The average molecular weight is 322 g/mol. The predicted molar refractivity (Wildman–Crippen MR) is 86.3 cm³/mol. The number of nitrogens with zero attached hydrogens (tertiary/aromatic N) is 2. The van der Waals surface area contributed by atoms with Crippen molar-refractivity contribution in [2.75, 3.05) is 20.4 Å². The number of thioether (sulfide) groups is 1. The topological polar surface area (TPSA) is 46.3 Å². The minimum absolute atomic E-state index is 0.0651. The molecule has 0 atom stereocenters. The van der Waals surface area contributed by atoms with Gasteiger partial charge in [-0.1, -0.05) is 19.0 Å². The maximum Gasteiger partial charge on any atom is 0.263 e. The first-order chi connectivity index (χ1) is 9.86. The molecule has 1 aliphatic carbocycles. The minimum atomic E-state index is -0.0690. The quantitative estimate of drug-likeness (QED) is 0.792. The Morgan fingerprint density at radius 1 is 1.48 bits per heavy atom. The maximum absolute atomic E-state index is 12.5. The fourth-order valence-corrected chi connectivity index (χ4v) is 4.87. The number of hydrogen-bond acceptors (Lipinski definition) is 5. The molecule has 0 aromatic carbocycles. The van der Waals surface area contributed by atoms with Gasteiger partial charge in [-0.3, -0.25) is 4.79 Å². The first-order valence-electron chi connectivity index (χ1n) is 6.73. The van der Waals surface area contributed by atoms with Crippen molar-refractivity contribution in [1.29, 1.82) is 0 Å². The Hall–Kier alpha value is -1.27. The summed E-state index contributed by atoms with van der Waals surface area (Å²) in [6.45, 7) is 4.35. The van der Waals surface area contributed by atoms with Gasteiger partial charge in [0.15, 0.2) is 5.76 Å². The zero-order valence-corrected chi connectivity index (χ0v) is 14.4. The number of aromatic nitrogens is 1. The molecule has 0 bridgehead atoms. The molecule has 0 saturated carbocycles. The van der Waals surface area contributed by atoms with Crippen LogP contribution in [0.15, 0.2) is 14.9 Å². The molecule has 0 spiro atoms. The Morgan fingerprint density at radius 3 is 2.81 bits per heavy atom. The zero-order valence-electron chi connectivity index (χ0n) is 12.8. The highest BCUT2D eigenvalue weighted by Crippen LogP contribution is 2.51. The van der Waals surface area contributed by atoms with Crippen molar-refractivity contribution < 1.29 is 9.32 Å². The van der Waals surface area contributed by atoms with Crippen LogP contribution < -0.4 is 0 Å². The van der Waals surface area contributed by atoms with E-state index in [1.54, 1.807) is 42.1 Å². The molecule has 21 heavy (non-hydrogen) atoms. The first kappa shape index (κ1) is 14.7. The summed E-state index contributed by atoms with van der Waals surface area (Å²) in [5.74, 6) is 0.898. The van der Waals surface area contributed by atoms with E-state index in [9.17, 15) is 4.79 Å². The fraction of sp³-hybridized carbons (Fsp3) is 0.467. The maximum atomic E-state index is 12.5. The Kier molecular flexibility index (Phi) is 3.41. The molecular weight excluding hydrogens is 304 g/mol. The van der Waals surface area contributed by atoms with Crippen LogP contribution in [-0.2, 0) is 11.8 Å². The molecule has 0 aliphatic heterocycles. The number of hydrogen-bond donors (Lipinski definition) is 0. The third-order valence-corrected chi connectivity index (χ3v) is 6.25. The van der Waals surface area contributed by atoms with Gasteiger partial charge in [0.1, 0.15) is 0 Å². The zero-order chi connectivity index (χ0) is 15.4. The highest BCUT2D eigenvalue weighted by atomic mass is 32.2. The lowest BCUT2D eigenvalue weighted by atomic mass is 9.73. The lowest BCUT2D eigenvalue weighted by Gasteiger charge is -2.29. The molecule has 2 aromatic heterocycles. The van der Waals surface area contributed by atoms with Crippen molar-refractivity contribution in [2.24, 2.45) is 0 Å². The monoisotopic (exact) mass is 322 g/mol. The third kappa shape index (κ3) is 2.12. The van der Waals surface area contributed by atoms with Gasteiger partial charge in [-0.25, -0.2) is 0 Å². The Balaban J connectivity index is 2.27. The van der Waals surface area contributed by atoms with E-state index in [1.807, 2.05) is 12.5 Å². The SMILES string of the molecule is CSc1sc(C(=O)N(C)C)c2c1-c1oncc1C(C)(C)C2. The number of carbonyl (C=O) groups is 1. The van der Waals surface area contributed by atoms with Crippen LogP contribution in [0.5, 0.6) is 0 Å². The molecule has 2 heterocycles. The molecule has 0 unspecified atom stereocenters. The summed E-state index contributed by atoms with van der Waals surface area (Å²) in [7, 11) is 3.59. The standard InChI is InChI=1S/C15H18N2O2S2/c1-15(2)6-8-10(11-9(15)7-16-19-11)14(20-5)21-12(8)13(18)17(3)4/h7H,6H2,1-5H3. The average Bonchev–Trinajstić information content (AvgIpc) is 3.01. The van der Waals surface area contributed by atoms with Crippen LogP contribution in [0.4, 0.5) is 0 Å². The Labute approximate surface area is 132 Å².